The SMILES string of the molecule is CCC(C)OC(=O)N1CCC(O)C1. The topological polar surface area (TPSA) is 49.8 Å². The smallest absolute Gasteiger partial charge is 0.410 e. The second kappa shape index (κ2) is 4.46. The van der Waals surface area contributed by atoms with Gasteiger partial charge in [0.15, 0.2) is 0 Å². The molecule has 1 aliphatic rings. The monoisotopic (exact) mass is 187 g/mol. The summed E-state index contributed by atoms with van der Waals surface area (Å²) in [5, 5.41) is 9.19. The number of aliphatic hydroxyl groups excluding tert-OH is 1. The Kier molecular flexibility index (Phi) is 3.54. The quantitative estimate of drug-likeness (QED) is 0.701. The zero-order valence-electron chi connectivity index (χ0n) is 8.19. The summed E-state index contributed by atoms with van der Waals surface area (Å²) in [6.45, 7) is 4.85. The molecular weight excluding hydrogens is 170 g/mol. The number of carbonyl (C=O) groups is 1. The minimum atomic E-state index is -0.371. The molecule has 1 rings (SSSR count). The van der Waals surface area contributed by atoms with Crippen LogP contribution in [0.3, 0.4) is 0 Å². The predicted octanol–water partition coefficient (Wildman–Crippen LogP) is 0.988. The van der Waals surface area contributed by atoms with Crippen LogP contribution in [0.1, 0.15) is 26.7 Å². The summed E-state index contributed by atoms with van der Waals surface area (Å²) in [7, 11) is 0. The first-order chi connectivity index (χ1) is 6.13. The van der Waals surface area contributed by atoms with E-state index in [2.05, 4.69) is 0 Å². The molecule has 2 unspecified atom stereocenters. The molecule has 1 N–H and O–H groups in total. The Hall–Kier alpha value is -0.770. The van der Waals surface area contributed by atoms with Crippen LogP contribution in [0.2, 0.25) is 0 Å². The van der Waals surface area contributed by atoms with Crippen molar-refractivity contribution in [2.24, 2.45) is 0 Å². The number of hydrogen-bond acceptors (Lipinski definition) is 3. The molecule has 1 saturated heterocycles. The molecule has 2 atom stereocenters. The van der Waals surface area contributed by atoms with Crippen molar-refractivity contribution < 1.29 is 14.6 Å². The van der Waals surface area contributed by atoms with Crippen LogP contribution in [-0.4, -0.2) is 41.4 Å². The summed E-state index contributed by atoms with van der Waals surface area (Å²) in [5.41, 5.74) is 0. The number of β-amino-alcohol motifs (C(OH)–C–C–N with tert-alkyl or cyclic N) is 1. The maximum Gasteiger partial charge on any atom is 0.410 e. The fourth-order valence-corrected chi connectivity index (χ4v) is 1.24. The van der Waals surface area contributed by atoms with Crippen molar-refractivity contribution in [2.75, 3.05) is 13.1 Å². The molecule has 0 bridgehead atoms. The van der Waals surface area contributed by atoms with Gasteiger partial charge in [-0.2, -0.15) is 0 Å². The standard InChI is InChI=1S/C9H17NO3/c1-3-7(2)13-9(12)10-5-4-8(11)6-10/h7-8,11H,3-6H2,1-2H3. The summed E-state index contributed by atoms with van der Waals surface area (Å²) in [5.74, 6) is 0. The van der Waals surface area contributed by atoms with Crippen LogP contribution in [-0.2, 0) is 4.74 Å². The van der Waals surface area contributed by atoms with E-state index in [1.807, 2.05) is 13.8 Å². The zero-order valence-corrected chi connectivity index (χ0v) is 8.19. The molecule has 76 valence electrons. The van der Waals surface area contributed by atoms with Gasteiger partial charge in [-0.3, -0.25) is 0 Å². The van der Waals surface area contributed by atoms with Gasteiger partial charge >= 0.3 is 6.09 Å². The number of rotatable bonds is 2. The highest BCUT2D eigenvalue weighted by molar-refractivity contribution is 5.68. The van der Waals surface area contributed by atoms with Crippen LogP contribution < -0.4 is 0 Å². The van der Waals surface area contributed by atoms with Crippen LogP contribution >= 0.6 is 0 Å². The summed E-state index contributed by atoms with van der Waals surface area (Å²) in [6, 6.07) is 0. The molecule has 13 heavy (non-hydrogen) atoms. The number of amides is 1. The number of ether oxygens (including phenoxy) is 1. The van der Waals surface area contributed by atoms with Crippen LogP contribution in [0.25, 0.3) is 0 Å². The van der Waals surface area contributed by atoms with E-state index in [-0.39, 0.29) is 18.3 Å². The third kappa shape index (κ3) is 2.88. The Morgan fingerprint density at radius 1 is 1.77 bits per heavy atom. The molecule has 0 radical (unpaired) electrons. The van der Waals surface area contributed by atoms with E-state index in [0.717, 1.165) is 6.42 Å². The van der Waals surface area contributed by atoms with Crippen LogP contribution in [0.5, 0.6) is 0 Å². The molecule has 0 aromatic heterocycles. The first-order valence-electron chi connectivity index (χ1n) is 4.77. The number of aliphatic hydroxyl groups is 1. The number of nitrogens with zero attached hydrogens (tertiary/aromatic N) is 1. The molecule has 0 aliphatic carbocycles. The Balaban J connectivity index is 2.31. The molecule has 1 aliphatic heterocycles. The summed E-state index contributed by atoms with van der Waals surface area (Å²) in [6.07, 6.45) is 0.776. The lowest BCUT2D eigenvalue weighted by Gasteiger charge is -2.18. The Morgan fingerprint density at radius 2 is 2.46 bits per heavy atom. The number of likely N-dealkylation sites (tertiary alicyclic amines) is 1. The molecule has 1 fully saturated rings. The molecule has 0 saturated carbocycles. The van der Waals surface area contributed by atoms with Gasteiger partial charge in [0.1, 0.15) is 6.10 Å². The van der Waals surface area contributed by atoms with E-state index < -0.39 is 0 Å². The third-order valence-electron chi connectivity index (χ3n) is 2.30. The molecule has 0 aromatic carbocycles. The van der Waals surface area contributed by atoms with Gasteiger partial charge in [0.05, 0.1) is 6.10 Å². The fourth-order valence-electron chi connectivity index (χ4n) is 1.24. The second-order valence-corrected chi connectivity index (χ2v) is 3.49. The Morgan fingerprint density at radius 3 is 2.92 bits per heavy atom. The van der Waals surface area contributed by atoms with E-state index in [4.69, 9.17) is 4.74 Å². The zero-order chi connectivity index (χ0) is 9.84. The van der Waals surface area contributed by atoms with Gasteiger partial charge in [0.2, 0.25) is 0 Å². The highest BCUT2D eigenvalue weighted by atomic mass is 16.6. The number of hydrogen-bond donors (Lipinski definition) is 1. The van der Waals surface area contributed by atoms with E-state index in [1.165, 1.54) is 0 Å². The molecule has 4 heteroatoms. The average molecular weight is 187 g/mol. The highest BCUT2D eigenvalue weighted by Gasteiger charge is 2.26. The van der Waals surface area contributed by atoms with Crippen LogP contribution in [0.4, 0.5) is 4.79 Å². The van der Waals surface area contributed by atoms with Crippen molar-refractivity contribution in [3.8, 4) is 0 Å². The second-order valence-electron chi connectivity index (χ2n) is 3.49. The summed E-state index contributed by atoms with van der Waals surface area (Å²) < 4.78 is 5.11. The first-order valence-corrected chi connectivity index (χ1v) is 4.77. The molecular formula is C9H17NO3. The molecule has 0 spiro atoms. The van der Waals surface area contributed by atoms with Gasteiger partial charge < -0.3 is 14.7 Å². The number of carbonyl (C=O) groups excluding carboxylic acids is 1. The van der Waals surface area contributed by atoms with Crippen molar-refractivity contribution in [1.29, 1.82) is 0 Å². The lowest BCUT2D eigenvalue weighted by molar-refractivity contribution is 0.0702. The van der Waals surface area contributed by atoms with E-state index in [0.29, 0.717) is 19.5 Å². The molecule has 4 nitrogen and oxygen atoms in total. The van der Waals surface area contributed by atoms with Crippen molar-refractivity contribution >= 4 is 6.09 Å². The maximum atomic E-state index is 11.4. The van der Waals surface area contributed by atoms with Crippen molar-refractivity contribution in [3.63, 3.8) is 0 Å². The average Bonchev–Trinajstić information content (AvgIpc) is 2.51. The van der Waals surface area contributed by atoms with Gasteiger partial charge in [-0.15, -0.1) is 0 Å². The largest absolute Gasteiger partial charge is 0.446 e. The van der Waals surface area contributed by atoms with Crippen molar-refractivity contribution in [3.05, 3.63) is 0 Å². The van der Waals surface area contributed by atoms with Gasteiger partial charge in [-0.25, -0.2) is 4.79 Å². The van der Waals surface area contributed by atoms with Crippen molar-refractivity contribution in [1.82, 2.24) is 4.90 Å². The molecule has 1 heterocycles. The predicted molar refractivity (Wildman–Crippen MR) is 48.4 cm³/mol. The van der Waals surface area contributed by atoms with Gasteiger partial charge in [0.25, 0.3) is 0 Å². The Labute approximate surface area is 78.5 Å². The van der Waals surface area contributed by atoms with E-state index in [9.17, 15) is 9.90 Å². The minimum Gasteiger partial charge on any atom is -0.446 e. The fraction of sp³-hybridized carbons (Fsp3) is 0.889. The summed E-state index contributed by atoms with van der Waals surface area (Å²) in [4.78, 5) is 12.9. The normalized spacial score (nSPS) is 24.5. The minimum absolute atomic E-state index is 0.0368. The third-order valence-corrected chi connectivity index (χ3v) is 2.30. The lowest BCUT2D eigenvalue weighted by atomic mass is 10.3. The van der Waals surface area contributed by atoms with Gasteiger partial charge in [0, 0.05) is 13.1 Å². The van der Waals surface area contributed by atoms with Gasteiger partial charge in [-0.05, 0) is 19.8 Å². The lowest BCUT2D eigenvalue weighted by Crippen LogP contribution is -2.32. The van der Waals surface area contributed by atoms with Crippen LogP contribution in [0, 0.1) is 0 Å². The van der Waals surface area contributed by atoms with E-state index >= 15 is 0 Å². The summed E-state index contributed by atoms with van der Waals surface area (Å²) >= 11 is 0. The maximum absolute atomic E-state index is 11.4. The van der Waals surface area contributed by atoms with Crippen LogP contribution in [0.15, 0.2) is 0 Å². The highest BCUT2D eigenvalue weighted by Crippen LogP contribution is 2.11. The Bertz CT molecular complexity index is 184. The van der Waals surface area contributed by atoms with Crippen molar-refractivity contribution in [2.45, 2.75) is 38.9 Å². The first kappa shape index (κ1) is 10.3. The van der Waals surface area contributed by atoms with E-state index in [1.54, 1.807) is 4.90 Å². The molecule has 1 amide bonds. The molecule has 0 aromatic rings. The van der Waals surface area contributed by atoms with Gasteiger partial charge in [-0.1, -0.05) is 6.92 Å².